The fourth-order valence-electron chi connectivity index (χ4n) is 2.29. The number of rotatable bonds is 8. The summed E-state index contributed by atoms with van der Waals surface area (Å²) < 4.78 is 0. The van der Waals surface area contributed by atoms with Crippen LogP contribution >= 0.6 is 0 Å². The molecule has 0 aromatic rings. The zero-order valence-electron chi connectivity index (χ0n) is 15.4. The number of carbonyl (C=O) groups is 3. The summed E-state index contributed by atoms with van der Waals surface area (Å²) in [6.07, 6.45) is 0.707. The normalized spacial score (nSPS) is 13.8. The van der Waals surface area contributed by atoms with Crippen LogP contribution in [0.4, 0.5) is 4.79 Å². The molecule has 4 amide bonds. The maximum atomic E-state index is 12.5. The molecule has 0 aliphatic heterocycles. The lowest BCUT2D eigenvalue weighted by atomic mass is 10.0. The van der Waals surface area contributed by atoms with E-state index in [0.717, 1.165) is 6.54 Å². The van der Waals surface area contributed by atoms with Crippen molar-refractivity contribution >= 4 is 17.8 Å². The van der Waals surface area contributed by atoms with Crippen molar-refractivity contribution in [3.05, 3.63) is 0 Å². The molecule has 7 heteroatoms. The Hall–Kier alpha value is -1.63. The molecule has 0 aliphatic rings. The van der Waals surface area contributed by atoms with Gasteiger partial charge >= 0.3 is 6.03 Å². The molecule has 0 aliphatic carbocycles. The van der Waals surface area contributed by atoms with Crippen molar-refractivity contribution in [1.29, 1.82) is 0 Å². The quantitative estimate of drug-likeness (QED) is 0.619. The highest BCUT2D eigenvalue weighted by molar-refractivity contribution is 5.98. The number of likely N-dealkylation sites (N-methyl/N-ethyl adjacent to an activating group) is 1. The van der Waals surface area contributed by atoms with Gasteiger partial charge in [-0.3, -0.25) is 19.8 Å². The smallest absolute Gasteiger partial charge is 0.321 e. The summed E-state index contributed by atoms with van der Waals surface area (Å²) >= 11 is 0. The third-order valence-corrected chi connectivity index (χ3v) is 3.40. The Bertz CT molecular complexity index is 410. The molecule has 0 saturated carbocycles. The van der Waals surface area contributed by atoms with E-state index in [0.29, 0.717) is 18.3 Å². The number of imide groups is 1. The molecule has 0 heterocycles. The van der Waals surface area contributed by atoms with E-state index < -0.39 is 18.0 Å². The molecule has 134 valence electrons. The Morgan fingerprint density at radius 3 is 1.96 bits per heavy atom. The predicted molar refractivity (Wildman–Crippen MR) is 90.9 cm³/mol. The summed E-state index contributed by atoms with van der Waals surface area (Å²) in [5.74, 6) is 0.0701. The third kappa shape index (κ3) is 8.54. The summed E-state index contributed by atoms with van der Waals surface area (Å²) in [4.78, 5) is 37.6. The van der Waals surface area contributed by atoms with Crippen molar-refractivity contribution in [2.24, 2.45) is 11.8 Å². The molecule has 0 spiro atoms. The largest absolute Gasteiger partial charge is 0.343 e. The third-order valence-electron chi connectivity index (χ3n) is 3.40. The summed E-state index contributed by atoms with van der Waals surface area (Å²) in [5.41, 5.74) is 0. The van der Waals surface area contributed by atoms with Crippen LogP contribution < -0.4 is 16.0 Å². The first-order valence-corrected chi connectivity index (χ1v) is 8.11. The fraction of sp³-hybridized carbons (Fsp3) is 0.812. The van der Waals surface area contributed by atoms with E-state index in [1.807, 2.05) is 11.9 Å². The van der Waals surface area contributed by atoms with Crippen molar-refractivity contribution in [2.45, 2.75) is 53.1 Å². The maximum Gasteiger partial charge on any atom is 0.321 e. The lowest BCUT2D eigenvalue weighted by Gasteiger charge is -2.30. The van der Waals surface area contributed by atoms with Crippen LogP contribution in [0.15, 0.2) is 0 Å². The SMILES string of the molecule is CNC(=O)NC(=O)[C@@H](C)NC(=O)[C@H](CC(C)C)N(C)CC(C)C. The van der Waals surface area contributed by atoms with E-state index in [1.165, 1.54) is 7.05 Å². The molecule has 0 unspecified atom stereocenters. The molecule has 3 N–H and O–H groups in total. The second kappa shape index (κ2) is 10.2. The van der Waals surface area contributed by atoms with Crippen LogP contribution in [0, 0.1) is 11.8 Å². The molecule has 2 atom stereocenters. The lowest BCUT2D eigenvalue weighted by molar-refractivity contribution is -0.131. The molecular weight excluding hydrogens is 296 g/mol. The van der Waals surface area contributed by atoms with Crippen molar-refractivity contribution in [3.63, 3.8) is 0 Å². The zero-order chi connectivity index (χ0) is 18.2. The number of hydrogen-bond acceptors (Lipinski definition) is 4. The minimum absolute atomic E-state index is 0.193. The zero-order valence-corrected chi connectivity index (χ0v) is 15.4. The van der Waals surface area contributed by atoms with Crippen LogP contribution in [0.5, 0.6) is 0 Å². The van der Waals surface area contributed by atoms with Crippen LogP contribution in [0.1, 0.15) is 41.0 Å². The Balaban J connectivity index is 4.81. The monoisotopic (exact) mass is 328 g/mol. The summed E-state index contributed by atoms with van der Waals surface area (Å²) in [7, 11) is 3.34. The van der Waals surface area contributed by atoms with Crippen LogP contribution in [-0.4, -0.2) is 55.5 Å². The van der Waals surface area contributed by atoms with Crippen molar-refractivity contribution in [3.8, 4) is 0 Å². The number of nitrogens with zero attached hydrogens (tertiary/aromatic N) is 1. The first-order valence-electron chi connectivity index (χ1n) is 8.11. The molecule has 0 aromatic heterocycles. The Morgan fingerprint density at radius 1 is 0.957 bits per heavy atom. The maximum absolute atomic E-state index is 12.5. The molecule has 0 saturated heterocycles. The van der Waals surface area contributed by atoms with Gasteiger partial charge in [-0.2, -0.15) is 0 Å². The van der Waals surface area contributed by atoms with E-state index in [9.17, 15) is 14.4 Å². The van der Waals surface area contributed by atoms with Gasteiger partial charge < -0.3 is 10.6 Å². The molecule has 23 heavy (non-hydrogen) atoms. The number of amides is 4. The van der Waals surface area contributed by atoms with Crippen LogP contribution in [-0.2, 0) is 9.59 Å². The van der Waals surface area contributed by atoms with Gasteiger partial charge in [-0.25, -0.2) is 4.79 Å². The number of hydrogen-bond donors (Lipinski definition) is 3. The van der Waals surface area contributed by atoms with Gasteiger partial charge in [0.1, 0.15) is 6.04 Å². The van der Waals surface area contributed by atoms with Crippen LogP contribution in [0.25, 0.3) is 0 Å². The van der Waals surface area contributed by atoms with Crippen molar-refractivity contribution < 1.29 is 14.4 Å². The second-order valence-electron chi connectivity index (χ2n) is 6.78. The molecule has 0 rings (SSSR count). The molecule has 7 nitrogen and oxygen atoms in total. The number of nitrogens with one attached hydrogen (secondary N) is 3. The number of urea groups is 1. The average Bonchev–Trinajstić information content (AvgIpc) is 2.42. The predicted octanol–water partition coefficient (Wildman–Crippen LogP) is 0.949. The summed E-state index contributed by atoms with van der Waals surface area (Å²) in [6.45, 7) is 10.7. The lowest BCUT2D eigenvalue weighted by Crippen LogP contribution is -2.54. The van der Waals surface area contributed by atoms with Crippen molar-refractivity contribution in [2.75, 3.05) is 20.6 Å². The fourth-order valence-corrected chi connectivity index (χ4v) is 2.29. The van der Waals surface area contributed by atoms with Gasteiger partial charge in [0.25, 0.3) is 0 Å². The van der Waals surface area contributed by atoms with Gasteiger partial charge in [0.2, 0.25) is 11.8 Å². The molecule has 0 fully saturated rings. The van der Waals surface area contributed by atoms with Gasteiger partial charge in [-0.05, 0) is 32.2 Å². The Morgan fingerprint density at radius 2 is 1.52 bits per heavy atom. The van der Waals surface area contributed by atoms with Gasteiger partial charge in [0, 0.05) is 13.6 Å². The van der Waals surface area contributed by atoms with E-state index in [-0.39, 0.29) is 11.9 Å². The van der Waals surface area contributed by atoms with Crippen LogP contribution in [0.3, 0.4) is 0 Å². The highest BCUT2D eigenvalue weighted by Crippen LogP contribution is 2.12. The summed E-state index contributed by atoms with van der Waals surface area (Å²) in [6, 6.07) is -1.67. The summed E-state index contributed by atoms with van der Waals surface area (Å²) in [5, 5.41) is 7.16. The minimum atomic E-state index is -0.776. The first-order chi connectivity index (χ1) is 10.6. The second-order valence-corrected chi connectivity index (χ2v) is 6.78. The molecular formula is C16H32N4O3. The topological polar surface area (TPSA) is 90.5 Å². The Kier molecular flexibility index (Phi) is 9.48. The highest BCUT2D eigenvalue weighted by Gasteiger charge is 2.27. The van der Waals surface area contributed by atoms with Gasteiger partial charge in [0.05, 0.1) is 6.04 Å². The average molecular weight is 328 g/mol. The van der Waals surface area contributed by atoms with E-state index in [1.54, 1.807) is 6.92 Å². The van der Waals surface area contributed by atoms with Gasteiger partial charge in [-0.15, -0.1) is 0 Å². The molecule has 0 bridgehead atoms. The standard InChI is InChI=1S/C16H32N4O3/c1-10(2)8-13(20(7)9-11(3)4)15(22)18-12(5)14(21)19-16(23)17-6/h10-13H,8-9H2,1-7H3,(H,18,22)(H2,17,19,21,23)/t12-,13+/m1/s1. The van der Waals surface area contributed by atoms with E-state index >= 15 is 0 Å². The highest BCUT2D eigenvalue weighted by atomic mass is 16.2. The van der Waals surface area contributed by atoms with E-state index in [4.69, 9.17) is 0 Å². The van der Waals surface area contributed by atoms with E-state index in [2.05, 4.69) is 43.6 Å². The Labute approximate surface area is 139 Å². The van der Waals surface area contributed by atoms with Crippen molar-refractivity contribution in [1.82, 2.24) is 20.9 Å². The first kappa shape index (κ1) is 21.4. The van der Waals surface area contributed by atoms with Crippen LogP contribution in [0.2, 0.25) is 0 Å². The number of carbonyl (C=O) groups excluding carboxylic acids is 3. The molecule has 0 aromatic carbocycles. The van der Waals surface area contributed by atoms with Gasteiger partial charge in [0.15, 0.2) is 0 Å². The van der Waals surface area contributed by atoms with Gasteiger partial charge in [-0.1, -0.05) is 27.7 Å². The molecule has 0 radical (unpaired) electrons. The minimum Gasteiger partial charge on any atom is -0.343 e.